The zero-order valence-electron chi connectivity index (χ0n) is 11.2. The smallest absolute Gasteiger partial charge is 0.315 e. The molecule has 2 amide bonds. The molecule has 0 aromatic carbocycles. The number of hydrogen-bond acceptors (Lipinski definition) is 2. The second-order valence-electron chi connectivity index (χ2n) is 4.56. The van der Waals surface area contributed by atoms with Gasteiger partial charge in [0.25, 0.3) is 0 Å². The molecule has 2 atom stereocenters. The third kappa shape index (κ3) is 5.09. The van der Waals surface area contributed by atoms with Gasteiger partial charge in [0.05, 0.1) is 5.41 Å². The van der Waals surface area contributed by atoms with Crippen LogP contribution >= 0.6 is 0 Å². The summed E-state index contributed by atoms with van der Waals surface area (Å²) >= 11 is 0. The van der Waals surface area contributed by atoms with E-state index in [-0.39, 0.29) is 18.6 Å². The van der Waals surface area contributed by atoms with Crippen molar-refractivity contribution >= 4 is 12.0 Å². The van der Waals surface area contributed by atoms with Crippen molar-refractivity contribution in [2.24, 2.45) is 5.41 Å². The number of amides is 2. The molecule has 0 aliphatic heterocycles. The minimum atomic E-state index is -0.939. The van der Waals surface area contributed by atoms with Crippen LogP contribution in [0, 0.1) is 17.8 Å². The van der Waals surface area contributed by atoms with E-state index >= 15 is 0 Å². The summed E-state index contributed by atoms with van der Waals surface area (Å²) in [5.74, 6) is 1.57. The normalized spacial score (nSPS) is 15.0. The molecule has 0 aliphatic carbocycles. The molecule has 0 rings (SSSR count). The van der Waals surface area contributed by atoms with E-state index in [1.54, 1.807) is 13.8 Å². The maximum Gasteiger partial charge on any atom is 0.315 e. The van der Waals surface area contributed by atoms with Crippen molar-refractivity contribution in [1.82, 2.24) is 10.6 Å². The van der Waals surface area contributed by atoms with Crippen LogP contribution in [0.1, 0.15) is 40.0 Å². The third-order valence-electron chi connectivity index (χ3n) is 3.13. The Kier molecular flexibility index (Phi) is 6.88. The Balaban J connectivity index is 4.26. The van der Waals surface area contributed by atoms with Crippen LogP contribution < -0.4 is 10.6 Å². The Morgan fingerprint density at radius 2 is 2.06 bits per heavy atom. The molecule has 0 saturated heterocycles. The maximum atomic E-state index is 11.6. The predicted octanol–water partition coefficient (Wildman–Crippen LogP) is 1.59. The van der Waals surface area contributed by atoms with Gasteiger partial charge in [-0.2, -0.15) is 0 Å². The lowest BCUT2D eigenvalue weighted by molar-refractivity contribution is -0.147. The quantitative estimate of drug-likeness (QED) is 0.604. The van der Waals surface area contributed by atoms with Gasteiger partial charge in [-0.1, -0.05) is 13.8 Å². The van der Waals surface area contributed by atoms with Gasteiger partial charge in [-0.05, 0) is 19.8 Å². The molecule has 0 aromatic heterocycles. The molecule has 0 saturated carbocycles. The number of hydrogen-bond donors (Lipinski definition) is 3. The van der Waals surface area contributed by atoms with Crippen LogP contribution in [0.5, 0.6) is 0 Å². The molecule has 0 spiro atoms. The number of terminal acetylenes is 1. The average molecular weight is 254 g/mol. The molecular weight excluding hydrogens is 232 g/mol. The number of urea groups is 1. The SMILES string of the molecule is C#CCC(CC)NC(=O)NCC(C)(CC)C(=O)O. The van der Waals surface area contributed by atoms with Crippen LogP contribution in [-0.4, -0.2) is 29.7 Å². The van der Waals surface area contributed by atoms with E-state index in [2.05, 4.69) is 16.6 Å². The molecular formula is C13H22N2O3. The van der Waals surface area contributed by atoms with Gasteiger partial charge in [0.15, 0.2) is 0 Å². The lowest BCUT2D eigenvalue weighted by Gasteiger charge is -2.24. The highest BCUT2D eigenvalue weighted by Crippen LogP contribution is 2.19. The van der Waals surface area contributed by atoms with Crippen LogP contribution in [0.3, 0.4) is 0 Å². The van der Waals surface area contributed by atoms with Crippen LogP contribution in [0.4, 0.5) is 4.79 Å². The number of carbonyl (C=O) groups excluding carboxylic acids is 1. The molecule has 18 heavy (non-hydrogen) atoms. The van der Waals surface area contributed by atoms with Crippen molar-refractivity contribution in [3.8, 4) is 12.3 Å². The molecule has 5 nitrogen and oxygen atoms in total. The van der Waals surface area contributed by atoms with E-state index < -0.39 is 11.4 Å². The fourth-order valence-electron chi connectivity index (χ4n) is 1.30. The van der Waals surface area contributed by atoms with Crippen molar-refractivity contribution in [2.75, 3.05) is 6.54 Å². The fraction of sp³-hybridized carbons (Fsp3) is 0.692. The summed E-state index contributed by atoms with van der Waals surface area (Å²) in [6.45, 7) is 5.40. The zero-order chi connectivity index (χ0) is 14.2. The lowest BCUT2D eigenvalue weighted by atomic mass is 9.88. The van der Waals surface area contributed by atoms with E-state index in [4.69, 9.17) is 11.5 Å². The molecule has 0 aromatic rings. The Morgan fingerprint density at radius 1 is 1.44 bits per heavy atom. The molecule has 0 radical (unpaired) electrons. The van der Waals surface area contributed by atoms with Gasteiger partial charge in [0.1, 0.15) is 0 Å². The van der Waals surface area contributed by atoms with Gasteiger partial charge < -0.3 is 15.7 Å². The standard InChI is InChI=1S/C13H22N2O3/c1-5-8-10(6-2)15-12(18)14-9-13(4,7-3)11(16)17/h1,10H,6-9H2,2-4H3,(H,16,17)(H2,14,15,18). The second kappa shape index (κ2) is 7.59. The monoisotopic (exact) mass is 254 g/mol. The number of nitrogens with one attached hydrogen (secondary N) is 2. The molecule has 0 bridgehead atoms. The lowest BCUT2D eigenvalue weighted by Crippen LogP contribution is -2.47. The minimum Gasteiger partial charge on any atom is -0.481 e. The Bertz CT molecular complexity index is 336. The largest absolute Gasteiger partial charge is 0.481 e. The Labute approximate surface area is 108 Å². The second-order valence-corrected chi connectivity index (χ2v) is 4.56. The molecule has 0 heterocycles. The highest BCUT2D eigenvalue weighted by atomic mass is 16.4. The van der Waals surface area contributed by atoms with Crippen molar-refractivity contribution in [3.63, 3.8) is 0 Å². The zero-order valence-corrected chi connectivity index (χ0v) is 11.2. The predicted molar refractivity (Wildman–Crippen MR) is 70.1 cm³/mol. The van der Waals surface area contributed by atoms with Gasteiger partial charge in [-0.3, -0.25) is 4.79 Å². The fourth-order valence-corrected chi connectivity index (χ4v) is 1.30. The van der Waals surface area contributed by atoms with Crippen LogP contribution in [0.15, 0.2) is 0 Å². The number of carbonyl (C=O) groups is 2. The molecule has 102 valence electrons. The number of rotatable bonds is 7. The first-order valence-corrected chi connectivity index (χ1v) is 6.10. The van der Waals surface area contributed by atoms with Gasteiger partial charge in [0.2, 0.25) is 0 Å². The summed E-state index contributed by atoms with van der Waals surface area (Å²) in [5.41, 5.74) is -0.939. The van der Waals surface area contributed by atoms with E-state index in [0.29, 0.717) is 12.8 Å². The van der Waals surface area contributed by atoms with Crippen molar-refractivity contribution in [3.05, 3.63) is 0 Å². The summed E-state index contributed by atoms with van der Waals surface area (Å²) < 4.78 is 0. The van der Waals surface area contributed by atoms with Crippen molar-refractivity contribution in [2.45, 2.75) is 46.1 Å². The number of aliphatic carboxylic acids is 1. The van der Waals surface area contributed by atoms with Gasteiger partial charge >= 0.3 is 12.0 Å². The summed E-state index contributed by atoms with van der Waals surface area (Å²) in [5, 5.41) is 14.4. The van der Waals surface area contributed by atoms with Crippen molar-refractivity contribution in [1.29, 1.82) is 0 Å². The molecule has 0 fully saturated rings. The summed E-state index contributed by atoms with van der Waals surface area (Å²) in [6, 6.07) is -0.453. The topological polar surface area (TPSA) is 78.4 Å². The van der Waals surface area contributed by atoms with Crippen LogP contribution in [0.25, 0.3) is 0 Å². The van der Waals surface area contributed by atoms with Crippen LogP contribution in [0.2, 0.25) is 0 Å². The number of carboxylic acids is 1. The van der Waals surface area contributed by atoms with E-state index in [1.807, 2.05) is 6.92 Å². The van der Waals surface area contributed by atoms with E-state index in [9.17, 15) is 9.59 Å². The molecule has 2 unspecified atom stereocenters. The Morgan fingerprint density at radius 3 is 2.44 bits per heavy atom. The first-order valence-electron chi connectivity index (χ1n) is 6.10. The highest BCUT2D eigenvalue weighted by molar-refractivity contribution is 5.77. The number of carboxylic acid groups (broad SMARTS) is 1. The average Bonchev–Trinajstić information content (AvgIpc) is 2.35. The van der Waals surface area contributed by atoms with Crippen molar-refractivity contribution < 1.29 is 14.7 Å². The molecule has 5 heteroatoms. The van der Waals surface area contributed by atoms with Crippen LogP contribution in [-0.2, 0) is 4.79 Å². The summed E-state index contributed by atoms with van der Waals surface area (Å²) in [7, 11) is 0. The molecule has 3 N–H and O–H groups in total. The highest BCUT2D eigenvalue weighted by Gasteiger charge is 2.31. The Hall–Kier alpha value is -1.70. The van der Waals surface area contributed by atoms with E-state index in [0.717, 1.165) is 6.42 Å². The van der Waals surface area contributed by atoms with Gasteiger partial charge in [-0.25, -0.2) is 4.79 Å². The summed E-state index contributed by atoms with van der Waals surface area (Å²) in [6.07, 6.45) is 6.84. The summed E-state index contributed by atoms with van der Waals surface area (Å²) in [4.78, 5) is 22.6. The van der Waals surface area contributed by atoms with Gasteiger partial charge in [0, 0.05) is 19.0 Å². The first kappa shape index (κ1) is 16.3. The third-order valence-corrected chi connectivity index (χ3v) is 3.13. The first-order chi connectivity index (χ1) is 8.39. The van der Waals surface area contributed by atoms with E-state index in [1.165, 1.54) is 0 Å². The molecule has 0 aliphatic rings. The maximum absolute atomic E-state index is 11.6. The minimum absolute atomic E-state index is 0.0762. The van der Waals surface area contributed by atoms with Gasteiger partial charge in [-0.15, -0.1) is 12.3 Å².